The van der Waals surface area contributed by atoms with Crippen LogP contribution in [-0.4, -0.2) is 18.1 Å². The van der Waals surface area contributed by atoms with Crippen molar-refractivity contribution in [3.05, 3.63) is 35.5 Å². The average Bonchev–Trinajstić information content (AvgIpc) is 2.92. The largest absolute Gasteiger partial charge is 0.384 e. The average molecular weight is 290 g/mol. The van der Waals surface area contributed by atoms with Gasteiger partial charge in [0.05, 0.1) is 5.52 Å². The van der Waals surface area contributed by atoms with Gasteiger partial charge in [-0.15, -0.1) is 0 Å². The lowest BCUT2D eigenvalue weighted by Gasteiger charge is -2.19. The smallest absolute Gasteiger partial charge is 0.0737 e. The van der Waals surface area contributed by atoms with E-state index in [-0.39, 0.29) is 0 Å². The Morgan fingerprint density at radius 3 is 2.95 bits per heavy atom. The van der Waals surface area contributed by atoms with Gasteiger partial charge >= 0.3 is 0 Å². The van der Waals surface area contributed by atoms with Crippen LogP contribution in [0.25, 0.3) is 10.9 Å². The van der Waals surface area contributed by atoms with E-state index in [4.69, 9.17) is 17.3 Å². The third-order valence-electron chi connectivity index (χ3n) is 4.38. The van der Waals surface area contributed by atoms with Gasteiger partial charge < -0.3 is 11.1 Å². The van der Waals surface area contributed by atoms with Crippen molar-refractivity contribution in [2.24, 2.45) is 17.6 Å². The lowest BCUT2D eigenvalue weighted by atomic mass is 9.96. The molecule has 106 valence electrons. The normalized spacial score (nSPS) is 22.3. The van der Waals surface area contributed by atoms with Crippen molar-refractivity contribution in [1.29, 1.82) is 0 Å². The fourth-order valence-electron chi connectivity index (χ4n) is 3.21. The molecule has 1 aromatic heterocycles. The molecule has 20 heavy (non-hydrogen) atoms. The number of hydrogen-bond acceptors (Lipinski definition) is 3. The number of rotatable bonds is 4. The molecule has 4 heteroatoms. The molecule has 1 heterocycles. The first-order valence-electron chi connectivity index (χ1n) is 7.26. The van der Waals surface area contributed by atoms with Crippen LogP contribution in [0.1, 0.15) is 19.3 Å². The second-order valence-electron chi connectivity index (χ2n) is 5.59. The summed E-state index contributed by atoms with van der Waals surface area (Å²) in [6, 6.07) is 7.88. The molecule has 2 aromatic rings. The summed E-state index contributed by atoms with van der Waals surface area (Å²) in [5, 5.41) is 5.42. The van der Waals surface area contributed by atoms with Crippen LogP contribution < -0.4 is 11.1 Å². The Bertz CT molecular complexity index is 599. The molecule has 3 nitrogen and oxygen atoms in total. The third kappa shape index (κ3) is 2.74. The van der Waals surface area contributed by atoms with E-state index in [1.165, 1.54) is 19.3 Å². The van der Waals surface area contributed by atoms with Crippen molar-refractivity contribution >= 4 is 28.2 Å². The number of aromatic nitrogens is 1. The Kier molecular flexibility index (Phi) is 4.08. The number of nitrogens with one attached hydrogen (secondary N) is 1. The van der Waals surface area contributed by atoms with Gasteiger partial charge in [0.1, 0.15) is 0 Å². The molecule has 1 fully saturated rings. The number of hydrogen-bond donors (Lipinski definition) is 2. The van der Waals surface area contributed by atoms with Crippen molar-refractivity contribution in [2.75, 3.05) is 18.4 Å². The highest BCUT2D eigenvalue weighted by Crippen LogP contribution is 2.32. The van der Waals surface area contributed by atoms with Crippen LogP contribution in [0.4, 0.5) is 5.69 Å². The van der Waals surface area contributed by atoms with E-state index in [9.17, 15) is 0 Å². The van der Waals surface area contributed by atoms with Gasteiger partial charge in [-0.1, -0.05) is 18.0 Å². The van der Waals surface area contributed by atoms with Crippen molar-refractivity contribution in [2.45, 2.75) is 19.3 Å². The summed E-state index contributed by atoms with van der Waals surface area (Å²) in [4.78, 5) is 4.37. The Labute approximate surface area is 124 Å². The highest BCUT2D eigenvalue weighted by molar-refractivity contribution is 6.31. The monoisotopic (exact) mass is 289 g/mol. The molecule has 1 aromatic carbocycles. The van der Waals surface area contributed by atoms with E-state index in [1.54, 1.807) is 0 Å². The van der Waals surface area contributed by atoms with Crippen molar-refractivity contribution in [3.63, 3.8) is 0 Å². The van der Waals surface area contributed by atoms with Gasteiger partial charge in [0.15, 0.2) is 0 Å². The molecular weight excluding hydrogens is 270 g/mol. The standard InChI is InChI=1S/C16H20ClN3/c17-13-4-5-14-15(6-7-19-16(14)8-13)20-10-12-3-1-2-11(12)9-18/h4-8,11-12H,1-3,9-10,18H2,(H,19,20). The topological polar surface area (TPSA) is 50.9 Å². The van der Waals surface area contributed by atoms with Crippen LogP contribution in [0.2, 0.25) is 5.02 Å². The maximum absolute atomic E-state index is 6.02. The summed E-state index contributed by atoms with van der Waals surface area (Å²) < 4.78 is 0. The van der Waals surface area contributed by atoms with E-state index in [2.05, 4.69) is 10.3 Å². The second kappa shape index (κ2) is 5.98. The van der Waals surface area contributed by atoms with Crippen LogP contribution in [0.15, 0.2) is 30.5 Å². The fraction of sp³-hybridized carbons (Fsp3) is 0.438. The first kappa shape index (κ1) is 13.7. The summed E-state index contributed by atoms with van der Waals surface area (Å²) in [6.07, 6.45) is 5.69. The number of nitrogens with two attached hydrogens (primary N) is 1. The van der Waals surface area contributed by atoms with Gasteiger partial charge in [-0.3, -0.25) is 4.98 Å². The first-order chi connectivity index (χ1) is 9.78. The molecule has 0 amide bonds. The Hall–Kier alpha value is -1.32. The fourth-order valence-corrected chi connectivity index (χ4v) is 3.38. The molecule has 0 aliphatic heterocycles. The summed E-state index contributed by atoms with van der Waals surface area (Å²) >= 11 is 6.02. The van der Waals surface area contributed by atoms with E-state index >= 15 is 0 Å². The molecule has 3 rings (SSSR count). The van der Waals surface area contributed by atoms with E-state index in [1.807, 2.05) is 30.5 Å². The van der Waals surface area contributed by atoms with Gasteiger partial charge in [0.2, 0.25) is 0 Å². The Morgan fingerprint density at radius 2 is 2.10 bits per heavy atom. The van der Waals surface area contributed by atoms with E-state index in [0.29, 0.717) is 11.8 Å². The zero-order chi connectivity index (χ0) is 13.9. The van der Waals surface area contributed by atoms with Crippen LogP contribution in [0.5, 0.6) is 0 Å². The van der Waals surface area contributed by atoms with E-state index in [0.717, 1.165) is 34.7 Å². The number of benzene rings is 1. The molecule has 1 saturated carbocycles. The van der Waals surface area contributed by atoms with Gasteiger partial charge in [-0.2, -0.15) is 0 Å². The third-order valence-corrected chi connectivity index (χ3v) is 4.61. The molecule has 1 aliphatic carbocycles. The van der Waals surface area contributed by atoms with Gasteiger partial charge in [0, 0.05) is 28.8 Å². The predicted octanol–water partition coefficient (Wildman–Crippen LogP) is 3.68. The van der Waals surface area contributed by atoms with Crippen molar-refractivity contribution in [1.82, 2.24) is 4.98 Å². The van der Waals surface area contributed by atoms with Gasteiger partial charge in [-0.25, -0.2) is 0 Å². The van der Waals surface area contributed by atoms with Crippen LogP contribution in [0, 0.1) is 11.8 Å². The maximum atomic E-state index is 6.02. The minimum atomic E-state index is 0.671. The molecule has 0 radical (unpaired) electrons. The lowest BCUT2D eigenvalue weighted by molar-refractivity contribution is 0.414. The predicted molar refractivity (Wildman–Crippen MR) is 85.1 cm³/mol. The van der Waals surface area contributed by atoms with E-state index < -0.39 is 0 Å². The number of pyridine rings is 1. The lowest BCUT2D eigenvalue weighted by Crippen LogP contribution is -2.24. The number of fused-ring (bicyclic) bond motifs is 1. The molecular formula is C16H20ClN3. The molecule has 0 spiro atoms. The zero-order valence-corrected chi connectivity index (χ0v) is 12.2. The van der Waals surface area contributed by atoms with Crippen LogP contribution in [-0.2, 0) is 0 Å². The number of nitrogens with zero attached hydrogens (tertiary/aromatic N) is 1. The summed E-state index contributed by atoms with van der Waals surface area (Å²) in [5.74, 6) is 1.36. The van der Waals surface area contributed by atoms with Gasteiger partial charge in [-0.05, 0) is 55.5 Å². The van der Waals surface area contributed by atoms with Crippen LogP contribution >= 0.6 is 11.6 Å². The number of anilines is 1. The molecule has 1 aliphatic rings. The molecule has 2 atom stereocenters. The Morgan fingerprint density at radius 1 is 1.25 bits per heavy atom. The SMILES string of the molecule is NCC1CCCC1CNc1ccnc2cc(Cl)ccc12. The van der Waals surface area contributed by atoms with Crippen LogP contribution in [0.3, 0.4) is 0 Å². The molecule has 3 N–H and O–H groups in total. The van der Waals surface area contributed by atoms with Crippen molar-refractivity contribution < 1.29 is 0 Å². The minimum Gasteiger partial charge on any atom is -0.384 e. The van der Waals surface area contributed by atoms with Gasteiger partial charge in [0.25, 0.3) is 0 Å². The minimum absolute atomic E-state index is 0.671. The number of halogens is 1. The second-order valence-corrected chi connectivity index (χ2v) is 6.02. The highest BCUT2D eigenvalue weighted by atomic mass is 35.5. The highest BCUT2D eigenvalue weighted by Gasteiger charge is 2.25. The summed E-state index contributed by atoms with van der Waals surface area (Å²) in [7, 11) is 0. The van der Waals surface area contributed by atoms with Crippen molar-refractivity contribution in [3.8, 4) is 0 Å². The zero-order valence-electron chi connectivity index (χ0n) is 11.5. The summed E-state index contributed by atoms with van der Waals surface area (Å²) in [6.45, 7) is 1.79. The maximum Gasteiger partial charge on any atom is 0.0737 e. The quantitative estimate of drug-likeness (QED) is 0.903. The molecule has 0 bridgehead atoms. The molecule has 0 saturated heterocycles. The summed E-state index contributed by atoms with van der Waals surface area (Å²) in [5.41, 5.74) is 7.92. The first-order valence-corrected chi connectivity index (χ1v) is 7.64. The molecule has 2 unspecified atom stereocenters. The Balaban J connectivity index is 1.77.